The minimum atomic E-state index is -0.794. The summed E-state index contributed by atoms with van der Waals surface area (Å²) in [5, 5.41) is 7.01. The Kier molecular flexibility index (Phi) is 5.72. The maximum atomic E-state index is 12.2. The van der Waals surface area contributed by atoms with E-state index in [0.29, 0.717) is 11.5 Å². The largest absolute Gasteiger partial charge is 0.454 e. The third-order valence-corrected chi connectivity index (χ3v) is 3.94. The molecule has 0 aliphatic carbocycles. The van der Waals surface area contributed by atoms with Gasteiger partial charge in [-0.05, 0) is 26.0 Å². The van der Waals surface area contributed by atoms with Gasteiger partial charge in [-0.2, -0.15) is 5.10 Å². The summed E-state index contributed by atoms with van der Waals surface area (Å²) in [6.07, 6.45) is 1.17. The van der Waals surface area contributed by atoms with Gasteiger partial charge in [-0.25, -0.2) is 9.48 Å². The molecular formula is C19H19N5O5. The van der Waals surface area contributed by atoms with Crippen LogP contribution in [0.4, 0.5) is 5.82 Å². The number of amides is 1. The first-order valence-electron chi connectivity index (χ1n) is 8.71. The number of H-pyrrole nitrogens is 1. The number of carbonyl (C=O) groups is 2. The van der Waals surface area contributed by atoms with E-state index in [9.17, 15) is 19.2 Å². The van der Waals surface area contributed by atoms with Gasteiger partial charge in [-0.3, -0.25) is 23.9 Å². The summed E-state index contributed by atoms with van der Waals surface area (Å²) in [4.78, 5) is 48.6. The van der Waals surface area contributed by atoms with E-state index in [0.717, 1.165) is 21.9 Å². The minimum Gasteiger partial charge on any atom is -0.454 e. The summed E-state index contributed by atoms with van der Waals surface area (Å²) < 4.78 is 7.45. The van der Waals surface area contributed by atoms with Gasteiger partial charge in [0.15, 0.2) is 6.61 Å². The molecule has 1 amide bonds. The van der Waals surface area contributed by atoms with Gasteiger partial charge < -0.3 is 10.1 Å². The van der Waals surface area contributed by atoms with Crippen molar-refractivity contribution in [3.05, 3.63) is 74.7 Å². The van der Waals surface area contributed by atoms with E-state index in [1.54, 1.807) is 17.7 Å². The van der Waals surface area contributed by atoms with Crippen LogP contribution in [0.3, 0.4) is 0 Å². The lowest BCUT2D eigenvalue weighted by Gasteiger charge is -2.10. The fourth-order valence-electron chi connectivity index (χ4n) is 2.55. The SMILES string of the molecule is Cc1ccc(-n2nc(C)cc2NC(=O)COC(=O)Cn2ccc(=O)[nH]c2=O)cc1. The van der Waals surface area contributed by atoms with Crippen molar-refractivity contribution in [3.63, 3.8) is 0 Å². The van der Waals surface area contributed by atoms with Crippen LogP contribution in [0.25, 0.3) is 5.69 Å². The first-order chi connectivity index (χ1) is 13.8. The van der Waals surface area contributed by atoms with Crippen molar-refractivity contribution in [2.24, 2.45) is 0 Å². The zero-order chi connectivity index (χ0) is 21.0. The highest BCUT2D eigenvalue weighted by molar-refractivity contribution is 5.92. The molecule has 0 bridgehead atoms. The minimum absolute atomic E-state index is 0.427. The number of benzene rings is 1. The molecule has 3 rings (SSSR count). The van der Waals surface area contributed by atoms with Crippen molar-refractivity contribution >= 4 is 17.7 Å². The van der Waals surface area contributed by atoms with Gasteiger partial charge in [0.1, 0.15) is 12.4 Å². The summed E-state index contributed by atoms with van der Waals surface area (Å²) in [6.45, 7) is 2.80. The Morgan fingerprint density at radius 2 is 1.86 bits per heavy atom. The number of nitrogens with one attached hydrogen (secondary N) is 2. The number of nitrogens with zero attached hydrogens (tertiary/aromatic N) is 3. The van der Waals surface area contributed by atoms with Crippen molar-refractivity contribution in [1.29, 1.82) is 0 Å². The zero-order valence-electron chi connectivity index (χ0n) is 15.8. The Bertz CT molecular complexity index is 1160. The van der Waals surface area contributed by atoms with Crippen LogP contribution in [0.1, 0.15) is 11.3 Å². The Morgan fingerprint density at radius 1 is 1.14 bits per heavy atom. The van der Waals surface area contributed by atoms with E-state index < -0.39 is 36.3 Å². The first kappa shape index (κ1) is 19.8. The van der Waals surface area contributed by atoms with Crippen LogP contribution in [0, 0.1) is 13.8 Å². The average molecular weight is 397 g/mol. The monoisotopic (exact) mass is 397 g/mol. The van der Waals surface area contributed by atoms with E-state index in [-0.39, 0.29) is 0 Å². The van der Waals surface area contributed by atoms with Crippen molar-refractivity contribution in [3.8, 4) is 5.69 Å². The van der Waals surface area contributed by atoms with E-state index >= 15 is 0 Å². The number of esters is 1. The van der Waals surface area contributed by atoms with Gasteiger partial charge in [0, 0.05) is 18.3 Å². The van der Waals surface area contributed by atoms with Crippen molar-refractivity contribution in [1.82, 2.24) is 19.3 Å². The molecule has 0 aliphatic rings. The molecule has 2 aromatic heterocycles. The third-order valence-electron chi connectivity index (χ3n) is 3.94. The lowest BCUT2D eigenvalue weighted by atomic mass is 10.2. The molecule has 0 radical (unpaired) electrons. The van der Waals surface area contributed by atoms with Gasteiger partial charge in [0.25, 0.3) is 11.5 Å². The predicted octanol–water partition coefficient (Wildman–Crippen LogP) is 0.521. The molecule has 0 fully saturated rings. The maximum Gasteiger partial charge on any atom is 0.328 e. The molecule has 2 heterocycles. The summed E-state index contributed by atoms with van der Waals surface area (Å²) in [5.41, 5.74) is 1.26. The van der Waals surface area contributed by atoms with Crippen LogP contribution < -0.4 is 16.6 Å². The van der Waals surface area contributed by atoms with Crippen LogP contribution in [0.15, 0.2) is 52.2 Å². The second-order valence-corrected chi connectivity index (χ2v) is 6.37. The molecule has 10 nitrogen and oxygen atoms in total. The second kappa shape index (κ2) is 8.38. The predicted molar refractivity (Wildman–Crippen MR) is 104 cm³/mol. The van der Waals surface area contributed by atoms with Crippen LogP contribution in [0.2, 0.25) is 0 Å². The number of ether oxygens (including phenoxy) is 1. The fourth-order valence-corrected chi connectivity index (χ4v) is 2.55. The standard InChI is InChI=1S/C19H19N5O5/c1-12-3-5-14(6-4-12)24-15(9-13(2)22-24)20-17(26)11-29-18(27)10-23-8-7-16(25)21-19(23)28/h3-9H,10-11H2,1-2H3,(H,20,26)(H,21,25,28). The summed E-state index contributed by atoms with van der Waals surface area (Å²) in [6, 6.07) is 10.4. The Hall–Kier alpha value is -3.95. The molecule has 0 atom stereocenters. The van der Waals surface area contributed by atoms with Gasteiger partial charge in [-0.1, -0.05) is 17.7 Å². The molecule has 0 aliphatic heterocycles. The molecule has 0 saturated heterocycles. The molecule has 150 valence electrons. The Labute approximate surface area is 164 Å². The smallest absolute Gasteiger partial charge is 0.328 e. The van der Waals surface area contributed by atoms with Gasteiger partial charge in [-0.15, -0.1) is 0 Å². The highest BCUT2D eigenvalue weighted by Crippen LogP contribution is 2.17. The number of anilines is 1. The molecule has 1 aromatic carbocycles. The average Bonchev–Trinajstić information content (AvgIpc) is 3.03. The van der Waals surface area contributed by atoms with Crippen molar-refractivity contribution in [2.75, 3.05) is 11.9 Å². The number of hydrogen-bond donors (Lipinski definition) is 2. The molecule has 3 aromatic rings. The van der Waals surface area contributed by atoms with E-state index in [4.69, 9.17) is 4.74 Å². The van der Waals surface area contributed by atoms with Crippen LogP contribution in [-0.4, -0.2) is 37.8 Å². The number of carbonyl (C=O) groups excluding carboxylic acids is 2. The fraction of sp³-hybridized carbons (Fsp3) is 0.211. The van der Waals surface area contributed by atoms with Crippen LogP contribution in [0.5, 0.6) is 0 Å². The molecule has 0 spiro atoms. The molecular weight excluding hydrogens is 378 g/mol. The number of aromatic amines is 1. The highest BCUT2D eigenvalue weighted by atomic mass is 16.5. The molecule has 0 unspecified atom stereocenters. The van der Waals surface area contributed by atoms with E-state index in [2.05, 4.69) is 10.4 Å². The molecule has 29 heavy (non-hydrogen) atoms. The molecule has 2 N–H and O–H groups in total. The topological polar surface area (TPSA) is 128 Å². The van der Waals surface area contributed by atoms with E-state index in [1.165, 1.54) is 6.20 Å². The van der Waals surface area contributed by atoms with Gasteiger partial charge >= 0.3 is 11.7 Å². The lowest BCUT2D eigenvalue weighted by Crippen LogP contribution is -2.32. The maximum absolute atomic E-state index is 12.2. The van der Waals surface area contributed by atoms with Crippen molar-refractivity contribution < 1.29 is 14.3 Å². The number of aromatic nitrogens is 4. The van der Waals surface area contributed by atoms with Crippen LogP contribution >= 0.6 is 0 Å². The third kappa shape index (κ3) is 5.06. The molecule has 10 heteroatoms. The van der Waals surface area contributed by atoms with Gasteiger partial charge in [0.2, 0.25) is 0 Å². The number of rotatable bonds is 6. The molecule has 0 saturated carbocycles. The Morgan fingerprint density at radius 3 is 2.55 bits per heavy atom. The number of aryl methyl sites for hydroxylation is 2. The Balaban J connectivity index is 1.61. The summed E-state index contributed by atoms with van der Waals surface area (Å²) in [5.74, 6) is -0.915. The lowest BCUT2D eigenvalue weighted by molar-refractivity contribution is -0.148. The summed E-state index contributed by atoms with van der Waals surface area (Å²) in [7, 11) is 0. The highest BCUT2D eigenvalue weighted by Gasteiger charge is 2.13. The summed E-state index contributed by atoms with van der Waals surface area (Å²) >= 11 is 0. The van der Waals surface area contributed by atoms with E-state index in [1.807, 2.05) is 36.2 Å². The first-order valence-corrected chi connectivity index (χ1v) is 8.71. The second-order valence-electron chi connectivity index (χ2n) is 6.37. The quantitative estimate of drug-likeness (QED) is 0.584. The zero-order valence-corrected chi connectivity index (χ0v) is 15.8. The van der Waals surface area contributed by atoms with Crippen LogP contribution in [-0.2, 0) is 20.9 Å². The van der Waals surface area contributed by atoms with Gasteiger partial charge in [0.05, 0.1) is 11.4 Å². The number of hydrogen-bond acceptors (Lipinski definition) is 6. The van der Waals surface area contributed by atoms with Crippen molar-refractivity contribution in [2.45, 2.75) is 20.4 Å². The normalized spacial score (nSPS) is 10.6.